The standard InChI is InChI=1S/C9H16N3O13P3/c10-7-1-2-12(9(14)11-7)8-3-5(13)6(23-8)4-22-27(18,19)25-28(20,21)24-26(15,16)17/h1-2,5-6,8,13H,3-4H2,(H,18,19)(H,20,21)(H2,10,11,14)(H2,15,16,17)/t5?,6-,8-/m1/s1/i10+1,11+1,12+1. The zero-order valence-corrected chi connectivity index (χ0v) is 16.3. The molecule has 1 aliphatic rings. The van der Waals surface area contributed by atoms with Crippen LogP contribution in [0.4, 0.5) is 5.82 Å². The van der Waals surface area contributed by atoms with Gasteiger partial charge in [-0.25, -0.2) is 18.5 Å². The lowest BCUT2D eigenvalue weighted by Gasteiger charge is -2.19. The molecule has 0 aliphatic carbocycles. The minimum atomic E-state index is -5.65. The van der Waals surface area contributed by atoms with Crippen molar-refractivity contribution in [1.82, 2.24) is 9.55 Å². The molecule has 1 aromatic rings. The van der Waals surface area contributed by atoms with Crippen LogP contribution in [0.5, 0.6) is 0 Å². The first-order chi connectivity index (χ1) is 12.7. The predicted molar refractivity (Wildman–Crippen MR) is 87.3 cm³/mol. The molecule has 0 aromatic carbocycles. The van der Waals surface area contributed by atoms with Gasteiger partial charge in [0, 0.05) is 12.6 Å². The molecule has 1 aromatic heterocycles. The van der Waals surface area contributed by atoms with Crippen molar-refractivity contribution in [2.75, 3.05) is 12.3 Å². The lowest BCUT2D eigenvalue weighted by Crippen LogP contribution is -2.28. The van der Waals surface area contributed by atoms with Crippen LogP contribution in [0.1, 0.15) is 12.6 Å². The summed E-state index contributed by atoms with van der Waals surface area (Å²) in [7, 11) is -16.5. The molecule has 0 radical (unpaired) electrons. The van der Waals surface area contributed by atoms with Crippen LogP contribution in [0.2, 0.25) is 0 Å². The molecule has 2 rings (SSSR count). The number of nitrogens with two attached hydrogens (primary N) is 1. The minimum absolute atomic E-state index is 0.0380. The quantitative estimate of drug-likeness (QED) is 0.193. The summed E-state index contributed by atoms with van der Waals surface area (Å²) in [6.07, 6.45) is -2.42. The van der Waals surface area contributed by atoms with Gasteiger partial charge in [0.15, 0.2) is 0 Å². The smallest absolute Gasteiger partial charge is 0.390 e. The molecule has 19 heteroatoms. The van der Waals surface area contributed by atoms with Gasteiger partial charge in [-0.1, -0.05) is 0 Å². The SMILES string of the molecule is [15NH2]c1cc[15n]([C@H]2CC(O)[C@@H](COP(=O)(O)OP(=O)(O)OP(=O)(O)O)O2)c(=O)[15n]1. The second kappa shape index (κ2) is 8.40. The number of ether oxygens (including phenoxy) is 1. The van der Waals surface area contributed by atoms with Gasteiger partial charge in [-0.05, 0) is 6.07 Å². The van der Waals surface area contributed by atoms with Crippen LogP contribution in [-0.4, -0.2) is 53.0 Å². The van der Waals surface area contributed by atoms with E-state index in [4.69, 9.17) is 25.2 Å². The van der Waals surface area contributed by atoms with Gasteiger partial charge >= 0.3 is 29.2 Å². The fraction of sp³-hybridized carbons (Fsp3) is 0.556. The maximum Gasteiger partial charge on any atom is 0.490 e. The number of nitrogen functional groups attached to an aromatic ring is 1. The van der Waals surface area contributed by atoms with Gasteiger partial charge in [0.25, 0.3) is 0 Å². The number of hydrogen-bond acceptors (Lipinski definition) is 11. The third-order valence-corrected chi connectivity index (χ3v) is 6.99. The highest BCUT2D eigenvalue weighted by molar-refractivity contribution is 7.66. The van der Waals surface area contributed by atoms with Gasteiger partial charge in [0.1, 0.15) is 18.1 Å². The fourth-order valence-electron chi connectivity index (χ4n) is 2.15. The van der Waals surface area contributed by atoms with Gasteiger partial charge in [-0.2, -0.15) is 13.6 Å². The van der Waals surface area contributed by atoms with Crippen molar-refractivity contribution < 1.29 is 56.3 Å². The summed E-state index contributed by atoms with van der Waals surface area (Å²) in [4.78, 5) is 50.5. The second-order valence-corrected chi connectivity index (χ2v) is 9.78. The molecule has 3 unspecified atom stereocenters. The Bertz CT molecular complexity index is 914. The number of rotatable bonds is 8. The van der Waals surface area contributed by atoms with E-state index in [9.17, 15) is 28.5 Å². The van der Waals surface area contributed by atoms with E-state index in [2.05, 4.69) is 18.1 Å². The molecule has 1 saturated heterocycles. The maximum absolute atomic E-state index is 11.8. The van der Waals surface area contributed by atoms with Gasteiger partial charge in [-0.3, -0.25) is 9.09 Å². The largest absolute Gasteiger partial charge is 0.490 e. The average Bonchev–Trinajstić information content (AvgIpc) is 2.82. The third kappa shape index (κ3) is 6.81. The molecule has 5 atom stereocenters. The molecule has 1 aliphatic heterocycles. The molecular weight excluding hydrogens is 454 g/mol. The summed E-state index contributed by atoms with van der Waals surface area (Å²) in [6, 6.07) is 1.30. The van der Waals surface area contributed by atoms with Gasteiger partial charge in [0.05, 0.1) is 12.7 Å². The number of aliphatic hydroxyl groups is 1. The van der Waals surface area contributed by atoms with Crippen molar-refractivity contribution in [2.45, 2.75) is 24.9 Å². The molecule has 160 valence electrons. The van der Waals surface area contributed by atoms with Crippen molar-refractivity contribution in [3.05, 3.63) is 22.7 Å². The number of aliphatic hydroxyl groups excluding tert-OH is 1. The molecule has 28 heavy (non-hydrogen) atoms. The molecule has 16 nitrogen and oxygen atoms in total. The van der Waals surface area contributed by atoms with E-state index in [1.165, 1.54) is 12.3 Å². The number of nitrogens with zero attached hydrogens (tertiary/aromatic N) is 2. The predicted octanol–water partition coefficient (Wildman–Crippen LogP) is -1.18. The van der Waals surface area contributed by atoms with Crippen molar-refractivity contribution in [1.29, 1.82) is 0 Å². The first kappa shape index (κ1) is 23.3. The molecule has 0 amide bonds. The second-order valence-electron chi connectivity index (χ2n) is 5.36. The monoisotopic (exact) mass is 470 g/mol. The van der Waals surface area contributed by atoms with E-state index in [1.54, 1.807) is 0 Å². The molecule has 0 spiro atoms. The van der Waals surface area contributed by atoms with Crippen molar-refractivity contribution in [3.63, 3.8) is 0 Å². The van der Waals surface area contributed by atoms with E-state index in [0.29, 0.717) is 0 Å². The van der Waals surface area contributed by atoms with Crippen LogP contribution in [0, 0.1) is 0 Å². The molecule has 2 heterocycles. The molecule has 0 saturated carbocycles. The van der Waals surface area contributed by atoms with E-state index in [0.717, 1.165) is 4.57 Å². The average molecular weight is 470 g/mol. The Labute approximate surface area is 155 Å². The highest BCUT2D eigenvalue weighted by Crippen LogP contribution is 2.66. The van der Waals surface area contributed by atoms with Crippen LogP contribution >= 0.6 is 23.5 Å². The Morgan fingerprint density at radius 3 is 2.43 bits per heavy atom. The third-order valence-electron chi connectivity index (χ3n) is 3.18. The molecular formula is C9H16N3O13P3. The number of hydrogen-bond donors (Lipinski definition) is 6. The Kier molecular flexibility index (Phi) is 6.99. The highest BCUT2D eigenvalue weighted by atomic mass is 31.3. The topological polar surface area (TPSA) is 250 Å². The van der Waals surface area contributed by atoms with Gasteiger partial charge in [0.2, 0.25) is 0 Å². The Morgan fingerprint density at radius 2 is 1.86 bits per heavy atom. The molecule has 1 fully saturated rings. The summed E-state index contributed by atoms with van der Waals surface area (Å²) in [5.41, 5.74) is 4.58. The number of phosphoric ester groups is 1. The Morgan fingerprint density at radius 1 is 1.21 bits per heavy atom. The van der Waals surface area contributed by atoms with Crippen LogP contribution in [-0.2, 0) is 31.6 Å². The van der Waals surface area contributed by atoms with E-state index in [-0.39, 0.29) is 12.2 Å². The van der Waals surface area contributed by atoms with Crippen molar-refractivity contribution >= 4 is 29.3 Å². The number of phosphoric acid groups is 3. The van der Waals surface area contributed by atoms with E-state index >= 15 is 0 Å². The maximum atomic E-state index is 11.8. The van der Waals surface area contributed by atoms with Gasteiger partial charge < -0.3 is 35.2 Å². The van der Waals surface area contributed by atoms with E-state index < -0.39 is 54.2 Å². The summed E-state index contributed by atoms with van der Waals surface area (Å²) in [6.45, 7) is -0.849. The number of anilines is 1. The van der Waals surface area contributed by atoms with Crippen LogP contribution in [0.3, 0.4) is 0 Å². The van der Waals surface area contributed by atoms with Crippen LogP contribution in [0.15, 0.2) is 17.1 Å². The summed E-state index contributed by atoms with van der Waals surface area (Å²) < 4.78 is 51.2. The summed E-state index contributed by atoms with van der Waals surface area (Å²) >= 11 is 0. The van der Waals surface area contributed by atoms with Crippen LogP contribution < -0.4 is 11.4 Å². The van der Waals surface area contributed by atoms with Crippen molar-refractivity contribution in [3.8, 4) is 0 Å². The van der Waals surface area contributed by atoms with Crippen LogP contribution in [0.25, 0.3) is 0 Å². The normalized spacial score (nSPS) is 27.2. The first-order valence-electron chi connectivity index (χ1n) is 7.14. The van der Waals surface area contributed by atoms with E-state index in [1.807, 2.05) is 0 Å². The van der Waals surface area contributed by atoms with Crippen molar-refractivity contribution in [2.24, 2.45) is 0 Å². The zero-order chi connectivity index (χ0) is 21.3. The Balaban J connectivity index is 1.98. The Hall–Kier alpha value is -0.990. The molecule has 7 N–H and O–H groups in total. The lowest BCUT2D eigenvalue weighted by atomic mass is 10.2. The fourth-order valence-corrected chi connectivity index (χ4v) is 5.18. The molecule has 0 bridgehead atoms. The summed E-state index contributed by atoms with van der Waals surface area (Å²) in [5.74, 6) is -0.0380. The zero-order valence-electron chi connectivity index (χ0n) is 13.6. The first-order valence-corrected chi connectivity index (χ1v) is 11.7. The highest BCUT2D eigenvalue weighted by Gasteiger charge is 2.42. The lowest BCUT2D eigenvalue weighted by molar-refractivity contribution is -0.0449. The summed E-state index contributed by atoms with van der Waals surface area (Å²) in [5, 5.41) is 9.94. The van der Waals surface area contributed by atoms with Gasteiger partial charge in [-0.15, -0.1) is 0 Å². The minimum Gasteiger partial charge on any atom is -0.390 e. The number of aromatic nitrogens is 2.